The second kappa shape index (κ2) is 6.60. The Bertz CT molecular complexity index is 87.0. The Balaban J connectivity index is 2.12. The maximum absolute atomic E-state index is 5.44. The molecule has 5 nitrogen and oxygen atoms in total. The van der Waals surface area contributed by atoms with Crippen molar-refractivity contribution in [3.63, 3.8) is 0 Å². The van der Waals surface area contributed by atoms with Gasteiger partial charge in [-0.1, -0.05) is 0 Å². The van der Waals surface area contributed by atoms with E-state index >= 15 is 0 Å². The van der Waals surface area contributed by atoms with Crippen LogP contribution in [0.3, 0.4) is 0 Å². The van der Waals surface area contributed by atoms with E-state index in [1.165, 1.54) is 0 Å². The molecule has 1 aliphatic heterocycles. The molecule has 0 atom stereocenters. The first-order valence-electron chi connectivity index (χ1n) is 3.36. The molecule has 0 bridgehead atoms. The molecule has 0 radical (unpaired) electrons. The van der Waals surface area contributed by atoms with Crippen molar-refractivity contribution in [3.8, 4) is 0 Å². The highest BCUT2D eigenvalue weighted by molar-refractivity contribution is 6.98. The lowest BCUT2D eigenvalue weighted by molar-refractivity contribution is 0.343. The average Bonchev–Trinajstić information content (AvgIpc) is 2.03. The summed E-state index contributed by atoms with van der Waals surface area (Å²) in [5.41, 5.74) is 0. The Morgan fingerprint density at radius 3 is 1.82 bits per heavy atom. The maximum atomic E-state index is 5.44. The van der Waals surface area contributed by atoms with Crippen molar-refractivity contribution < 1.29 is 20.6 Å². The SMILES string of the molecule is [SiH3][SiH]1O[SiH2]O[SiH2]O[SiH2]O[SiH2]O1. The Morgan fingerprint density at radius 1 is 0.818 bits per heavy atom. The van der Waals surface area contributed by atoms with Crippen LogP contribution in [0.4, 0.5) is 0 Å². The highest BCUT2D eigenvalue weighted by Crippen LogP contribution is 1.85. The van der Waals surface area contributed by atoms with Crippen LogP contribution in [0.15, 0.2) is 0 Å². The first kappa shape index (κ1) is 10.2. The smallest absolute Gasteiger partial charge is 0.286 e. The maximum Gasteiger partial charge on any atom is 0.286 e. The summed E-state index contributed by atoms with van der Waals surface area (Å²) in [7, 11) is -3.11. The zero-order chi connectivity index (χ0) is 7.94. The summed E-state index contributed by atoms with van der Waals surface area (Å²) < 4.78 is 26.6. The van der Waals surface area contributed by atoms with Crippen molar-refractivity contribution in [1.29, 1.82) is 0 Å². The standard InChI is InChI=1S/H12O5Si6/c6-11-4-9-2-7-1-8-3-10-5-11/h11H,7-10H2,6H3. The Kier molecular flexibility index (Phi) is 6.11. The number of rotatable bonds is 0. The summed E-state index contributed by atoms with van der Waals surface area (Å²) in [5, 5.41) is 0. The fourth-order valence-corrected chi connectivity index (χ4v) is 12.2. The highest BCUT2D eigenvalue weighted by Gasteiger charge is 2.06. The molecule has 1 aliphatic rings. The van der Waals surface area contributed by atoms with E-state index in [4.69, 9.17) is 20.6 Å². The second-order valence-corrected chi connectivity index (χ2v) is 14.5. The summed E-state index contributed by atoms with van der Waals surface area (Å²) in [5.74, 6) is 0. The van der Waals surface area contributed by atoms with Crippen molar-refractivity contribution >= 4 is 58.6 Å². The molecule has 0 saturated carbocycles. The minimum atomic E-state index is -1.22. The molecule has 0 aliphatic carbocycles. The number of hydrogen-bond acceptors (Lipinski definition) is 5. The Hall–Kier alpha value is 1.10. The molecule has 11 heteroatoms. The molecule has 0 aromatic heterocycles. The van der Waals surface area contributed by atoms with Gasteiger partial charge in [-0.15, -0.1) is 0 Å². The van der Waals surface area contributed by atoms with E-state index in [-0.39, 0.29) is 0 Å². The van der Waals surface area contributed by atoms with Crippen LogP contribution in [0.25, 0.3) is 0 Å². The fourth-order valence-electron chi connectivity index (χ4n) is 0.556. The topological polar surface area (TPSA) is 46.2 Å². The van der Waals surface area contributed by atoms with Gasteiger partial charge in [0.25, 0.3) is 48.8 Å². The molecule has 11 heavy (non-hydrogen) atoms. The summed E-state index contributed by atoms with van der Waals surface area (Å²) in [6.07, 6.45) is 0. The van der Waals surface area contributed by atoms with Gasteiger partial charge in [0, 0.05) is 0 Å². The molecule has 66 valence electrons. The van der Waals surface area contributed by atoms with Crippen LogP contribution in [0.2, 0.25) is 0 Å². The van der Waals surface area contributed by atoms with Gasteiger partial charge >= 0.3 is 0 Å². The van der Waals surface area contributed by atoms with Crippen LogP contribution in [0.1, 0.15) is 0 Å². The van der Waals surface area contributed by atoms with Crippen molar-refractivity contribution in [2.75, 3.05) is 0 Å². The van der Waals surface area contributed by atoms with Crippen molar-refractivity contribution in [3.05, 3.63) is 0 Å². The van der Waals surface area contributed by atoms with Gasteiger partial charge in [-0.3, -0.25) is 0 Å². The third-order valence-electron chi connectivity index (χ3n) is 1.11. The van der Waals surface area contributed by atoms with Gasteiger partial charge in [0.15, 0.2) is 0 Å². The van der Waals surface area contributed by atoms with Crippen LogP contribution in [-0.4, -0.2) is 58.6 Å². The normalized spacial score (nSPS) is 38.7. The van der Waals surface area contributed by atoms with E-state index in [2.05, 4.69) is 0 Å². The van der Waals surface area contributed by atoms with Gasteiger partial charge < -0.3 is 20.6 Å². The quantitative estimate of drug-likeness (QED) is 0.406. The summed E-state index contributed by atoms with van der Waals surface area (Å²) in [6, 6.07) is 0. The summed E-state index contributed by atoms with van der Waals surface area (Å²) >= 11 is 0. The molecule has 1 fully saturated rings. The molecule has 0 aromatic rings. The van der Waals surface area contributed by atoms with Gasteiger partial charge in [-0.05, 0) is 0 Å². The zero-order valence-electron chi connectivity index (χ0n) is 6.45. The van der Waals surface area contributed by atoms with Gasteiger partial charge in [-0.2, -0.15) is 0 Å². The van der Waals surface area contributed by atoms with Gasteiger partial charge in [0.2, 0.25) is 0 Å². The third-order valence-corrected chi connectivity index (χ3v) is 15.9. The van der Waals surface area contributed by atoms with E-state index in [0.29, 0.717) is 0 Å². The van der Waals surface area contributed by atoms with E-state index in [9.17, 15) is 0 Å². The molecule has 1 saturated heterocycles. The van der Waals surface area contributed by atoms with Crippen molar-refractivity contribution in [2.45, 2.75) is 0 Å². The Labute approximate surface area is 79.4 Å². The molecule has 1 rings (SSSR count). The zero-order valence-corrected chi connectivity index (χ0v) is 15.3. The predicted octanol–water partition coefficient (Wildman–Crippen LogP) is -5.84. The lowest BCUT2D eigenvalue weighted by atomic mass is 15.7. The molecular formula is H12O5Si6. The molecule has 0 N–H and O–H groups in total. The lowest BCUT2D eigenvalue weighted by Crippen LogP contribution is -2.32. The van der Waals surface area contributed by atoms with Crippen LogP contribution in [0.5, 0.6) is 0 Å². The van der Waals surface area contributed by atoms with Crippen LogP contribution in [-0.2, 0) is 20.6 Å². The monoisotopic (exact) mass is 260 g/mol. The first-order chi connectivity index (χ1) is 5.39. The fraction of sp³-hybridized carbons (Fsp3) is 0. The average molecular weight is 261 g/mol. The van der Waals surface area contributed by atoms with Gasteiger partial charge in [-0.25, -0.2) is 0 Å². The van der Waals surface area contributed by atoms with Crippen LogP contribution < -0.4 is 0 Å². The number of hydrogen-bond donors (Lipinski definition) is 0. The molecule has 0 aromatic carbocycles. The molecule has 0 spiro atoms. The second-order valence-electron chi connectivity index (χ2n) is 1.98. The molecule has 0 amide bonds. The largest absolute Gasteiger partial charge is 0.426 e. The van der Waals surface area contributed by atoms with Crippen molar-refractivity contribution in [2.24, 2.45) is 0 Å². The van der Waals surface area contributed by atoms with Crippen LogP contribution >= 0.6 is 0 Å². The predicted molar refractivity (Wildman–Crippen MR) is 56.7 cm³/mol. The minimum Gasteiger partial charge on any atom is -0.426 e. The van der Waals surface area contributed by atoms with Crippen LogP contribution in [0, 0.1) is 0 Å². The van der Waals surface area contributed by atoms with E-state index in [1.807, 2.05) is 0 Å². The summed E-state index contributed by atoms with van der Waals surface area (Å²) in [6.45, 7) is 0. The van der Waals surface area contributed by atoms with E-state index in [1.54, 1.807) is 0 Å². The molecule has 1 heterocycles. The lowest BCUT2D eigenvalue weighted by Gasteiger charge is -2.15. The van der Waals surface area contributed by atoms with Gasteiger partial charge in [0.05, 0.1) is 9.76 Å². The van der Waals surface area contributed by atoms with E-state index in [0.717, 1.165) is 9.76 Å². The van der Waals surface area contributed by atoms with Gasteiger partial charge in [0.1, 0.15) is 0 Å². The van der Waals surface area contributed by atoms with E-state index < -0.39 is 48.8 Å². The Morgan fingerprint density at radius 2 is 1.27 bits per heavy atom. The van der Waals surface area contributed by atoms with Crippen molar-refractivity contribution in [1.82, 2.24) is 0 Å². The molecular weight excluding hydrogens is 249 g/mol. The highest BCUT2D eigenvalue weighted by atomic mass is 29.2. The molecule has 0 unspecified atom stereocenters. The summed E-state index contributed by atoms with van der Waals surface area (Å²) in [4.78, 5) is 0. The third kappa shape index (κ3) is 5.36. The first-order valence-corrected chi connectivity index (χ1v) is 13.5. The minimum absolute atomic E-state index is 0.731.